The minimum absolute atomic E-state index is 0. The van der Waals surface area contributed by atoms with Crippen LogP contribution in [0.1, 0.15) is 25.3 Å². The summed E-state index contributed by atoms with van der Waals surface area (Å²) in [6.07, 6.45) is 2.65. The summed E-state index contributed by atoms with van der Waals surface area (Å²) in [6.45, 7) is 5.71. The van der Waals surface area contributed by atoms with E-state index >= 15 is 0 Å². The third-order valence-electron chi connectivity index (χ3n) is 3.57. The van der Waals surface area contributed by atoms with E-state index in [-0.39, 0.29) is 37.3 Å². The Morgan fingerprint density at radius 3 is 2.57 bits per heavy atom. The van der Waals surface area contributed by atoms with Crippen molar-refractivity contribution in [2.24, 2.45) is 11.7 Å². The van der Waals surface area contributed by atoms with E-state index in [1.165, 1.54) is 31.5 Å². The lowest BCUT2D eigenvalue weighted by Gasteiger charge is -2.30. The van der Waals surface area contributed by atoms with Crippen LogP contribution in [0.5, 0.6) is 0 Å². The molecule has 120 valence electrons. The van der Waals surface area contributed by atoms with Gasteiger partial charge in [0.15, 0.2) is 0 Å². The average molecular weight is 334 g/mol. The highest BCUT2D eigenvalue weighted by molar-refractivity contribution is 5.92. The van der Waals surface area contributed by atoms with Crippen LogP contribution in [-0.4, -0.2) is 30.4 Å². The second-order valence-electron chi connectivity index (χ2n) is 5.43. The first-order valence-corrected chi connectivity index (χ1v) is 6.98. The number of nitrogens with one attached hydrogen (secondary N) is 1. The van der Waals surface area contributed by atoms with Gasteiger partial charge in [0.25, 0.3) is 0 Å². The van der Waals surface area contributed by atoms with Gasteiger partial charge in [0.05, 0.1) is 6.54 Å². The van der Waals surface area contributed by atoms with Crippen molar-refractivity contribution < 1.29 is 4.79 Å². The van der Waals surface area contributed by atoms with Gasteiger partial charge >= 0.3 is 0 Å². The third kappa shape index (κ3) is 6.66. The van der Waals surface area contributed by atoms with Gasteiger partial charge in [-0.2, -0.15) is 0 Å². The summed E-state index contributed by atoms with van der Waals surface area (Å²) >= 11 is 0. The minimum Gasteiger partial charge on any atom is -0.325 e. The maximum atomic E-state index is 11.2. The first kappa shape index (κ1) is 20.2. The molecule has 2 rings (SSSR count). The maximum Gasteiger partial charge on any atom is 0.238 e. The normalized spacial score (nSPS) is 18.3. The van der Waals surface area contributed by atoms with Crippen LogP contribution in [0.4, 0.5) is 5.69 Å². The molecule has 1 fully saturated rings. The SMILES string of the molecule is CC1CCCN(Cc2ccc(NC(=O)CN)cc2)C1.Cl.Cl. The molecule has 1 heterocycles. The van der Waals surface area contributed by atoms with Crippen LogP contribution in [0.15, 0.2) is 24.3 Å². The number of nitrogens with zero attached hydrogens (tertiary/aromatic N) is 1. The molecule has 0 radical (unpaired) electrons. The van der Waals surface area contributed by atoms with Crippen LogP contribution >= 0.6 is 24.8 Å². The number of rotatable bonds is 4. The summed E-state index contributed by atoms with van der Waals surface area (Å²) < 4.78 is 0. The van der Waals surface area contributed by atoms with Crippen LogP contribution in [0, 0.1) is 5.92 Å². The molecular formula is C15H25Cl2N3O. The Morgan fingerprint density at radius 2 is 2.00 bits per heavy atom. The quantitative estimate of drug-likeness (QED) is 0.890. The molecule has 6 heteroatoms. The number of amides is 1. The fraction of sp³-hybridized carbons (Fsp3) is 0.533. The van der Waals surface area contributed by atoms with E-state index in [1.807, 2.05) is 12.1 Å². The Labute approximate surface area is 139 Å². The zero-order valence-electron chi connectivity index (χ0n) is 12.4. The summed E-state index contributed by atoms with van der Waals surface area (Å²) in [5, 5.41) is 2.75. The second kappa shape index (κ2) is 10.0. The van der Waals surface area contributed by atoms with Crippen LogP contribution in [-0.2, 0) is 11.3 Å². The number of halogens is 2. The number of anilines is 1. The van der Waals surface area contributed by atoms with Crippen molar-refractivity contribution in [2.75, 3.05) is 25.0 Å². The van der Waals surface area contributed by atoms with Crippen molar-refractivity contribution in [2.45, 2.75) is 26.3 Å². The lowest BCUT2D eigenvalue weighted by Crippen LogP contribution is -2.33. The fourth-order valence-electron chi connectivity index (χ4n) is 2.59. The second-order valence-corrected chi connectivity index (χ2v) is 5.43. The molecule has 0 aliphatic carbocycles. The molecule has 1 saturated heterocycles. The Hall–Kier alpha value is -0.810. The zero-order valence-corrected chi connectivity index (χ0v) is 14.0. The zero-order chi connectivity index (χ0) is 13.7. The summed E-state index contributed by atoms with van der Waals surface area (Å²) in [7, 11) is 0. The van der Waals surface area contributed by atoms with E-state index in [0.717, 1.165) is 18.2 Å². The number of likely N-dealkylation sites (tertiary alicyclic amines) is 1. The molecule has 0 bridgehead atoms. The van der Waals surface area contributed by atoms with Gasteiger partial charge < -0.3 is 11.1 Å². The molecule has 0 aromatic heterocycles. The highest BCUT2D eigenvalue weighted by Gasteiger charge is 2.16. The summed E-state index contributed by atoms with van der Waals surface area (Å²) in [4.78, 5) is 13.7. The van der Waals surface area contributed by atoms with Crippen LogP contribution in [0.25, 0.3) is 0 Å². The van der Waals surface area contributed by atoms with Crippen molar-refractivity contribution >= 4 is 36.4 Å². The summed E-state index contributed by atoms with van der Waals surface area (Å²) in [5.74, 6) is 0.648. The number of carbonyl (C=O) groups is 1. The van der Waals surface area contributed by atoms with E-state index in [4.69, 9.17) is 5.73 Å². The summed E-state index contributed by atoms with van der Waals surface area (Å²) in [6, 6.07) is 8.03. The smallest absolute Gasteiger partial charge is 0.238 e. The highest BCUT2D eigenvalue weighted by Crippen LogP contribution is 2.18. The average Bonchev–Trinajstić information content (AvgIpc) is 2.41. The van der Waals surface area contributed by atoms with E-state index in [9.17, 15) is 4.79 Å². The third-order valence-corrected chi connectivity index (χ3v) is 3.57. The molecule has 1 aromatic rings. The topological polar surface area (TPSA) is 58.4 Å². The molecule has 0 spiro atoms. The molecule has 3 N–H and O–H groups in total. The van der Waals surface area contributed by atoms with E-state index in [2.05, 4.69) is 29.3 Å². The number of piperidine rings is 1. The number of hydrogen-bond acceptors (Lipinski definition) is 3. The first-order valence-electron chi connectivity index (χ1n) is 6.98. The predicted octanol–water partition coefficient (Wildman–Crippen LogP) is 2.66. The molecule has 0 saturated carbocycles. The number of hydrogen-bond donors (Lipinski definition) is 2. The number of benzene rings is 1. The van der Waals surface area contributed by atoms with Gasteiger partial charge in [-0.25, -0.2) is 0 Å². The van der Waals surface area contributed by atoms with Gasteiger partial charge in [0, 0.05) is 18.8 Å². The lowest BCUT2D eigenvalue weighted by atomic mass is 10.00. The monoisotopic (exact) mass is 333 g/mol. The van der Waals surface area contributed by atoms with Gasteiger partial charge in [-0.3, -0.25) is 9.69 Å². The highest BCUT2D eigenvalue weighted by atomic mass is 35.5. The number of carbonyl (C=O) groups excluding carboxylic acids is 1. The van der Waals surface area contributed by atoms with Crippen LogP contribution in [0.3, 0.4) is 0 Å². The van der Waals surface area contributed by atoms with Crippen molar-refractivity contribution in [3.8, 4) is 0 Å². The minimum atomic E-state index is -0.155. The molecule has 1 unspecified atom stereocenters. The lowest BCUT2D eigenvalue weighted by molar-refractivity contribution is -0.114. The standard InChI is InChI=1S/C15H23N3O.2ClH/c1-12-3-2-8-18(10-12)11-13-4-6-14(7-5-13)17-15(19)9-16;;/h4-7,12H,2-3,8-11,16H2,1H3,(H,17,19);2*1H. The molecule has 1 aliphatic rings. The maximum absolute atomic E-state index is 11.2. The van der Waals surface area contributed by atoms with E-state index in [1.54, 1.807) is 0 Å². The van der Waals surface area contributed by atoms with E-state index < -0.39 is 0 Å². The van der Waals surface area contributed by atoms with E-state index in [0.29, 0.717) is 0 Å². The predicted molar refractivity (Wildman–Crippen MR) is 92.3 cm³/mol. The number of nitrogens with two attached hydrogens (primary N) is 1. The first-order chi connectivity index (χ1) is 9.17. The van der Waals surface area contributed by atoms with Crippen LogP contribution < -0.4 is 11.1 Å². The van der Waals surface area contributed by atoms with Crippen molar-refractivity contribution in [1.82, 2.24) is 4.90 Å². The molecule has 1 amide bonds. The van der Waals surface area contributed by atoms with Gasteiger partial charge in [-0.05, 0) is 43.0 Å². The molecule has 1 aliphatic heterocycles. The molecule has 1 atom stereocenters. The van der Waals surface area contributed by atoms with Crippen molar-refractivity contribution in [3.05, 3.63) is 29.8 Å². The van der Waals surface area contributed by atoms with Gasteiger partial charge in [0.2, 0.25) is 5.91 Å². The molecule has 4 nitrogen and oxygen atoms in total. The fourth-order valence-corrected chi connectivity index (χ4v) is 2.59. The Kier molecular flexibility index (Phi) is 9.62. The molecule has 21 heavy (non-hydrogen) atoms. The van der Waals surface area contributed by atoms with Crippen LogP contribution in [0.2, 0.25) is 0 Å². The van der Waals surface area contributed by atoms with Crippen molar-refractivity contribution in [3.63, 3.8) is 0 Å². The molecular weight excluding hydrogens is 309 g/mol. The largest absolute Gasteiger partial charge is 0.325 e. The van der Waals surface area contributed by atoms with Crippen molar-refractivity contribution in [1.29, 1.82) is 0 Å². The Morgan fingerprint density at radius 1 is 1.33 bits per heavy atom. The van der Waals surface area contributed by atoms with Gasteiger partial charge in [-0.1, -0.05) is 19.1 Å². The van der Waals surface area contributed by atoms with Gasteiger partial charge in [0.1, 0.15) is 0 Å². The van der Waals surface area contributed by atoms with Gasteiger partial charge in [-0.15, -0.1) is 24.8 Å². The molecule has 1 aromatic carbocycles. The summed E-state index contributed by atoms with van der Waals surface area (Å²) in [5.41, 5.74) is 7.37. The Balaban J connectivity index is 0.00000200. The Bertz CT molecular complexity index is 425.